The smallest absolute Gasteiger partial charge is 0.187 e. The SMILES string of the molecule is COc1ccc(C(=O)/C=C(\C)Nc2cccc(C)c2)cc1. The second kappa shape index (κ2) is 6.75. The van der Waals surface area contributed by atoms with E-state index in [1.54, 1.807) is 37.5 Å². The number of nitrogens with one attached hydrogen (secondary N) is 1. The summed E-state index contributed by atoms with van der Waals surface area (Å²) in [5, 5.41) is 3.22. The molecule has 0 unspecified atom stereocenters. The highest BCUT2D eigenvalue weighted by atomic mass is 16.5. The molecule has 2 aromatic carbocycles. The minimum atomic E-state index is -0.0321. The van der Waals surface area contributed by atoms with Crippen LogP contribution in [0.2, 0.25) is 0 Å². The van der Waals surface area contributed by atoms with Crippen molar-refractivity contribution in [3.05, 3.63) is 71.4 Å². The van der Waals surface area contributed by atoms with Crippen molar-refractivity contribution in [3.63, 3.8) is 0 Å². The highest BCUT2D eigenvalue weighted by molar-refractivity contribution is 6.05. The maximum Gasteiger partial charge on any atom is 0.187 e. The van der Waals surface area contributed by atoms with Crippen LogP contribution in [0, 0.1) is 6.92 Å². The molecule has 0 aliphatic carbocycles. The molecule has 0 fully saturated rings. The summed E-state index contributed by atoms with van der Waals surface area (Å²) in [7, 11) is 1.60. The van der Waals surface area contributed by atoms with Crippen LogP contribution >= 0.6 is 0 Å². The molecule has 3 nitrogen and oxygen atoms in total. The summed E-state index contributed by atoms with van der Waals surface area (Å²) in [6, 6.07) is 15.1. The van der Waals surface area contributed by atoms with Crippen LogP contribution in [0.5, 0.6) is 5.75 Å². The third-order valence-corrected chi connectivity index (χ3v) is 3.08. The van der Waals surface area contributed by atoms with Gasteiger partial charge in [-0.3, -0.25) is 4.79 Å². The van der Waals surface area contributed by atoms with Crippen molar-refractivity contribution in [2.75, 3.05) is 12.4 Å². The summed E-state index contributed by atoms with van der Waals surface area (Å²) in [5.74, 6) is 0.709. The Balaban J connectivity index is 2.08. The first-order valence-electron chi connectivity index (χ1n) is 6.79. The van der Waals surface area contributed by atoms with E-state index in [0.29, 0.717) is 5.56 Å². The maximum absolute atomic E-state index is 12.2. The van der Waals surface area contributed by atoms with Crippen LogP contribution in [0.3, 0.4) is 0 Å². The van der Waals surface area contributed by atoms with Gasteiger partial charge >= 0.3 is 0 Å². The standard InChI is InChI=1S/C18H19NO2/c1-13-5-4-6-16(11-13)19-14(2)12-18(20)15-7-9-17(21-3)10-8-15/h4-12,19H,1-3H3/b14-12+. The van der Waals surface area contributed by atoms with Crippen molar-refractivity contribution in [2.24, 2.45) is 0 Å². The summed E-state index contributed by atoms with van der Waals surface area (Å²) < 4.78 is 5.08. The number of carbonyl (C=O) groups is 1. The van der Waals surface area contributed by atoms with Gasteiger partial charge in [-0.25, -0.2) is 0 Å². The Kier molecular flexibility index (Phi) is 4.77. The van der Waals surface area contributed by atoms with Crippen LogP contribution in [0.1, 0.15) is 22.8 Å². The van der Waals surface area contributed by atoms with Crippen LogP contribution < -0.4 is 10.1 Å². The van der Waals surface area contributed by atoms with Crippen molar-refractivity contribution in [1.82, 2.24) is 0 Å². The number of rotatable bonds is 5. The normalized spacial score (nSPS) is 11.1. The molecule has 0 bridgehead atoms. The van der Waals surface area contributed by atoms with Crippen molar-refractivity contribution >= 4 is 11.5 Å². The van der Waals surface area contributed by atoms with Gasteiger partial charge in [0, 0.05) is 23.0 Å². The number of hydrogen-bond acceptors (Lipinski definition) is 3. The molecule has 0 atom stereocenters. The number of methoxy groups -OCH3 is 1. The summed E-state index contributed by atoms with van der Waals surface area (Å²) in [6.07, 6.45) is 1.60. The van der Waals surface area contributed by atoms with Gasteiger partial charge in [0.05, 0.1) is 7.11 Å². The van der Waals surface area contributed by atoms with E-state index in [2.05, 4.69) is 5.32 Å². The van der Waals surface area contributed by atoms with Gasteiger partial charge in [0.2, 0.25) is 0 Å². The zero-order chi connectivity index (χ0) is 15.2. The first kappa shape index (κ1) is 14.9. The van der Waals surface area contributed by atoms with Crippen LogP contribution in [0.25, 0.3) is 0 Å². The Hall–Kier alpha value is -2.55. The minimum absolute atomic E-state index is 0.0321. The van der Waals surface area contributed by atoms with Crippen molar-refractivity contribution in [3.8, 4) is 5.75 Å². The molecular formula is C18H19NO2. The van der Waals surface area contributed by atoms with Gasteiger partial charge in [-0.05, 0) is 55.8 Å². The fourth-order valence-corrected chi connectivity index (χ4v) is 2.02. The van der Waals surface area contributed by atoms with E-state index < -0.39 is 0 Å². The van der Waals surface area contributed by atoms with E-state index in [-0.39, 0.29) is 5.78 Å². The molecule has 0 aliphatic rings. The van der Waals surface area contributed by atoms with Crippen LogP contribution in [0.15, 0.2) is 60.3 Å². The Morgan fingerprint density at radius 3 is 2.48 bits per heavy atom. The number of ketones is 1. The molecule has 0 amide bonds. The zero-order valence-electron chi connectivity index (χ0n) is 12.5. The lowest BCUT2D eigenvalue weighted by Crippen LogP contribution is -2.01. The molecule has 0 saturated carbocycles. The number of anilines is 1. The van der Waals surface area contributed by atoms with Crippen molar-refractivity contribution in [2.45, 2.75) is 13.8 Å². The second-order valence-corrected chi connectivity index (χ2v) is 4.91. The van der Waals surface area contributed by atoms with Gasteiger partial charge in [-0.2, -0.15) is 0 Å². The molecule has 0 aromatic heterocycles. The molecule has 108 valence electrons. The first-order valence-corrected chi connectivity index (χ1v) is 6.79. The zero-order valence-corrected chi connectivity index (χ0v) is 12.5. The van der Waals surface area contributed by atoms with Crippen LogP contribution in [0.4, 0.5) is 5.69 Å². The number of allylic oxidation sites excluding steroid dienone is 2. The molecule has 0 aliphatic heterocycles. The summed E-state index contributed by atoms with van der Waals surface area (Å²) in [5.41, 5.74) is 3.60. The summed E-state index contributed by atoms with van der Waals surface area (Å²) >= 11 is 0. The Morgan fingerprint density at radius 2 is 1.86 bits per heavy atom. The molecule has 0 spiro atoms. The number of ether oxygens (including phenoxy) is 1. The number of carbonyl (C=O) groups excluding carboxylic acids is 1. The third kappa shape index (κ3) is 4.21. The van der Waals surface area contributed by atoms with Gasteiger partial charge in [0.15, 0.2) is 5.78 Å². The van der Waals surface area contributed by atoms with Crippen LogP contribution in [-0.4, -0.2) is 12.9 Å². The second-order valence-electron chi connectivity index (χ2n) is 4.91. The average molecular weight is 281 g/mol. The quantitative estimate of drug-likeness (QED) is 0.659. The summed E-state index contributed by atoms with van der Waals surface area (Å²) in [4.78, 5) is 12.2. The molecule has 2 rings (SSSR count). The monoisotopic (exact) mass is 281 g/mol. The van der Waals surface area contributed by atoms with Crippen molar-refractivity contribution < 1.29 is 9.53 Å². The highest BCUT2D eigenvalue weighted by Gasteiger charge is 2.04. The summed E-state index contributed by atoms with van der Waals surface area (Å²) in [6.45, 7) is 3.91. The fraction of sp³-hybridized carbons (Fsp3) is 0.167. The number of hydrogen-bond donors (Lipinski definition) is 1. The Bertz CT molecular complexity index is 657. The van der Waals surface area contributed by atoms with E-state index in [1.807, 2.05) is 38.1 Å². The maximum atomic E-state index is 12.2. The molecule has 0 radical (unpaired) electrons. The molecule has 1 N–H and O–H groups in total. The molecule has 0 saturated heterocycles. The highest BCUT2D eigenvalue weighted by Crippen LogP contribution is 2.14. The molecule has 21 heavy (non-hydrogen) atoms. The largest absolute Gasteiger partial charge is 0.497 e. The first-order chi connectivity index (χ1) is 10.1. The van der Waals surface area contributed by atoms with Crippen molar-refractivity contribution in [1.29, 1.82) is 0 Å². The Morgan fingerprint density at radius 1 is 1.14 bits per heavy atom. The third-order valence-electron chi connectivity index (χ3n) is 3.08. The van der Waals surface area contributed by atoms with Gasteiger partial charge in [-0.1, -0.05) is 12.1 Å². The van der Waals surface area contributed by atoms with E-state index in [0.717, 1.165) is 17.1 Å². The molecular weight excluding hydrogens is 262 g/mol. The molecule has 2 aromatic rings. The predicted octanol–water partition coefficient (Wildman–Crippen LogP) is 4.20. The predicted molar refractivity (Wildman–Crippen MR) is 85.9 cm³/mol. The lowest BCUT2D eigenvalue weighted by molar-refractivity contribution is 0.104. The molecule has 0 heterocycles. The van der Waals surface area contributed by atoms with Gasteiger partial charge in [0.25, 0.3) is 0 Å². The fourth-order valence-electron chi connectivity index (χ4n) is 2.02. The van der Waals surface area contributed by atoms with E-state index in [1.165, 1.54) is 5.56 Å². The van der Waals surface area contributed by atoms with E-state index >= 15 is 0 Å². The van der Waals surface area contributed by atoms with Gasteiger partial charge in [0.1, 0.15) is 5.75 Å². The number of aryl methyl sites for hydroxylation is 1. The van der Waals surface area contributed by atoms with Crippen LogP contribution in [-0.2, 0) is 0 Å². The lowest BCUT2D eigenvalue weighted by Gasteiger charge is -2.07. The molecule has 3 heteroatoms. The number of benzene rings is 2. The lowest BCUT2D eigenvalue weighted by atomic mass is 10.1. The van der Waals surface area contributed by atoms with E-state index in [4.69, 9.17) is 4.74 Å². The average Bonchev–Trinajstić information content (AvgIpc) is 2.47. The van der Waals surface area contributed by atoms with Gasteiger partial charge < -0.3 is 10.1 Å². The topological polar surface area (TPSA) is 38.3 Å². The minimum Gasteiger partial charge on any atom is -0.497 e. The Labute approximate surface area is 125 Å². The van der Waals surface area contributed by atoms with E-state index in [9.17, 15) is 4.79 Å². The van der Waals surface area contributed by atoms with Gasteiger partial charge in [-0.15, -0.1) is 0 Å².